The largest absolute Gasteiger partial charge is 0.345 e. The van der Waals surface area contributed by atoms with Gasteiger partial charge in [0.05, 0.1) is 17.2 Å². The van der Waals surface area contributed by atoms with E-state index in [4.69, 9.17) is 0 Å². The van der Waals surface area contributed by atoms with Crippen LogP contribution in [0.25, 0.3) is 0 Å². The molecule has 0 saturated carbocycles. The van der Waals surface area contributed by atoms with Crippen LogP contribution in [0.2, 0.25) is 0 Å². The summed E-state index contributed by atoms with van der Waals surface area (Å²) in [5.74, 6) is -0.406. The number of hydrogen-bond acceptors (Lipinski definition) is 3. The van der Waals surface area contributed by atoms with Gasteiger partial charge in [0.2, 0.25) is 5.91 Å². The van der Waals surface area contributed by atoms with E-state index in [1.54, 1.807) is 24.3 Å². The summed E-state index contributed by atoms with van der Waals surface area (Å²) in [4.78, 5) is 38.9. The van der Waals surface area contributed by atoms with Crippen molar-refractivity contribution < 1.29 is 14.4 Å². The van der Waals surface area contributed by atoms with Crippen molar-refractivity contribution in [3.63, 3.8) is 0 Å². The van der Waals surface area contributed by atoms with E-state index >= 15 is 0 Å². The molecule has 34 heavy (non-hydrogen) atoms. The van der Waals surface area contributed by atoms with Crippen LogP contribution in [0.3, 0.4) is 0 Å². The fourth-order valence-electron chi connectivity index (χ4n) is 4.24. The molecule has 5 nitrogen and oxygen atoms in total. The van der Waals surface area contributed by atoms with Crippen molar-refractivity contribution in [1.82, 2.24) is 10.2 Å². The smallest absolute Gasteiger partial charge is 0.261 e. The minimum Gasteiger partial charge on any atom is -0.345 e. The van der Waals surface area contributed by atoms with Crippen LogP contribution < -0.4 is 5.32 Å². The zero-order valence-corrected chi connectivity index (χ0v) is 20.5. The van der Waals surface area contributed by atoms with Gasteiger partial charge in [0.15, 0.2) is 0 Å². The third kappa shape index (κ3) is 5.62. The average molecular weight is 519 g/mol. The molecule has 4 rings (SSSR count). The van der Waals surface area contributed by atoms with Crippen LogP contribution in [-0.4, -0.2) is 29.2 Å². The lowest BCUT2D eigenvalue weighted by molar-refractivity contribution is -0.121. The highest BCUT2D eigenvalue weighted by atomic mass is 79.9. The molecule has 0 bridgehead atoms. The number of benzene rings is 3. The summed E-state index contributed by atoms with van der Waals surface area (Å²) in [6, 6.07) is 24.7. The van der Waals surface area contributed by atoms with Gasteiger partial charge in [-0.2, -0.15) is 0 Å². The van der Waals surface area contributed by atoms with E-state index in [1.165, 1.54) is 4.90 Å². The molecular weight excluding hydrogens is 492 g/mol. The van der Waals surface area contributed by atoms with Crippen molar-refractivity contribution >= 4 is 33.7 Å². The molecule has 0 saturated heterocycles. The molecule has 3 aromatic rings. The van der Waals surface area contributed by atoms with E-state index in [2.05, 4.69) is 21.2 Å². The molecule has 1 aliphatic rings. The van der Waals surface area contributed by atoms with Gasteiger partial charge in [0, 0.05) is 17.4 Å². The molecular formula is C28H27BrN2O3. The minimum absolute atomic E-state index is 0.0112. The van der Waals surface area contributed by atoms with Crippen LogP contribution >= 0.6 is 15.9 Å². The Balaban J connectivity index is 1.22. The van der Waals surface area contributed by atoms with E-state index in [1.807, 2.05) is 54.6 Å². The molecule has 0 aromatic heterocycles. The van der Waals surface area contributed by atoms with Crippen molar-refractivity contribution in [2.75, 3.05) is 6.54 Å². The number of nitrogens with one attached hydrogen (secondary N) is 1. The summed E-state index contributed by atoms with van der Waals surface area (Å²) in [5.41, 5.74) is 3.05. The molecule has 3 amide bonds. The first-order chi connectivity index (χ1) is 16.5. The molecule has 1 atom stereocenters. The van der Waals surface area contributed by atoms with Gasteiger partial charge >= 0.3 is 0 Å². The molecule has 3 aromatic carbocycles. The average Bonchev–Trinajstić information content (AvgIpc) is 3.10. The van der Waals surface area contributed by atoms with Gasteiger partial charge in [-0.3, -0.25) is 19.3 Å². The first kappa shape index (κ1) is 23.9. The van der Waals surface area contributed by atoms with Gasteiger partial charge < -0.3 is 5.32 Å². The molecule has 6 heteroatoms. The van der Waals surface area contributed by atoms with E-state index in [9.17, 15) is 14.4 Å². The Morgan fingerprint density at radius 3 is 1.94 bits per heavy atom. The van der Waals surface area contributed by atoms with Gasteiger partial charge in [0.1, 0.15) is 0 Å². The zero-order chi connectivity index (χ0) is 23.9. The predicted molar refractivity (Wildman–Crippen MR) is 135 cm³/mol. The quantitative estimate of drug-likeness (QED) is 0.268. The van der Waals surface area contributed by atoms with Gasteiger partial charge in [-0.15, -0.1) is 0 Å². The minimum atomic E-state index is -0.208. The number of carbonyl (C=O) groups is 3. The predicted octanol–water partition coefficient (Wildman–Crippen LogP) is 5.90. The van der Waals surface area contributed by atoms with Crippen molar-refractivity contribution in [2.24, 2.45) is 0 Å². The fourth-order valence-corrected chi connectivity index (χ4v) is 4.51. The Morgan fingerprint density at radius 2 is 1.29 bits per heavy atom. The Kier molecular flexibility index (Phi) is 7.91. The summed E-state index contributed by atoms with van der Waals surface area (Å²) in [7, 11) is 0. The van der Waals surface area contributed by atoms with Gasteiger partial charge in [-0.05, 0) is 48.2 Å². The van der Waals surface area contributed by atoms with Gasteiger partial charge in [-0.25, -0.2) is 0 Å². The monoisotopic (exact) mass is 518 g/mol. The normalized spacial score (nSPS) is 13.6. The first-order valence-corrected chi connectivity index (χ1v) is 12.4. The standard InChI is InChI=1S/C28H27BrN2O3/c29-22-17-15-21(16-18-22)26(20-10-4-3-5-11-20)30-25(32)14-6-1-2-9-19-31-27(33)23-12-7-8-13-24(23)28(31)34/h3-5,7-8,10-13,15-18,26H,1-2,6,9,14,19H2,(H,30,32)/t26-/m0/s1. The van der Waals surface area contributed by atoms with Crippen LogP contribution in [0.1, 0.15) is 70.0 Å². The third-order valence-electron chi connectivity index (χ3n) is 6.06. The summed E-state index contributed by atoms with van der Waals surface area (Å²) in [6.07, 6.45) is 3.65. The van der Waals surface area contributed by atoms with Crippen LogP contribution in [-0.2, 0) is 4.79 Å². The highest BCUT2D eigenvalue weighted by Gasteiger charge is 2.34. The molecule has 0 unspecified atom stereocenters. The highest BCUT2D eigenvalue weighted by Crippen LogP contribution is 2.25. The van der Waals surface area contributed by atoms with Crippen LogP contribution in [0.5, 0.6) is 0 Å². The number of unbranched alkanes of at least 4 members (excludes halogenated alkanes) is 3. The second-order valence-electron chi connectivity index (χ2n) is 8.43. The number of halogens is 1. The van der Waals surface area contributed by atoms with Crippen LogP contribution in [0, 0.1) is 0 Å². The van der Waals surface area contributed by atoms with Crippen molar-refractivity contribution in [2.45, 2.75) is 38.1 Å². The number of nitrogens with zero attached hydrogens (tertiary/aromatic N) is 1. The van der Waals surface area contributed by atoms with E-state index < -0.39 is 0 Å². The van der Waals surface area contributed by atoms with Crippen molar-refractivity contribution in [3.8, 4) is 0 Å². The first-order valence-electron chi connectivity index (χ1n) is 11.6. The Morgan fingerprint density at radius 1 is 0.735 bits per heavy atom. The number of fused-ring (bicyclic) bond motifs is 1. The topological polar surface area (TPSA) is 66.5 Å². The van der Waals surface area contributed by atoms with Crippen molar-refractivity contribution in [1.29, 1.82) is 0 Å². The number of rotatable bonds is 10. The third-order valence-corrected chi connectivity index (χ3v) is 6.58. The summed E-state index contributed by atoms with van der Waals surface area (Å²) < 4.78 is 0.996. The Hall–Kier alpha value is -3.25. The van der Waals surface area contributed by atoms with E-state index in [-0.39, 0.29) is 23.8 Å². The molecule has 174 valence electrons. The van der Waals surface area contributed by atoms with E-state index in [0.29, 0.717) is 24.1 Å². The highest BCUT2D eigenvalue weighted by molar-refractivity contribution is 9.10. The lowest BCUT2D eigenvalue weighted by atomic mass is 9.98. The Labute approximate surface area is 208 Å². The van der Waals surface area contributed by atoms with Gasteiger partial charge in [-0.1, -0.05) is 83.4 Å². The lowest BCUT2D eigenvalue weighted by Crippen LogP contribution is -2.30. The second kappa shape index (κ2) is 11.3. The zero-order valence-electron chi connectivity index (χ0n) is 18.9. The molecule has 1 aliphatic heterocycles. The second-order valence-corrected chi connectivity index (χ2v) is 9.35. The van der Waals surface area contributed by atoms with Crippen molar-refractivity contribution in [3.05, 3.63) is 106 Å². The molecule has 0 aliphatic carbocycles. The van der Waals surface area contributed by atoms with E-state index in [0.717, 1.165) is 41.3 Å². The number of amides is 3. The molecule has 0 radical (unpaired) electrons. The van der Waals surface area contributed by atoms with Crippen LogP contribution in [0.4, 0.5) is 0 Å². The summed E-state index contributed by atoms with van der Waals surface area (Å²) in [5, 5.41) is 3.17. The Bertz CT molecular complexity index is 1130. The molecule has 0 spiro atoms. The number of hydrogen-bond donors (Lipinski definition) is 1. The maximum atomic E-state index is 12.7. The lowest BCUT2D eigenvalue weighted by Gasteiger charge is -2.20. The molecule has 1 N–H and O–H groups in total. The SMILES string of the molecule is O=C(CCCCCCN1C(=O)c2ccccc2C1=O)N[C@@H](c1ccccc1)c1ccc(Br)cc1. The number of imide groups is 1. The summed E-state index contributed by atoms with van der Waals surface area (Å²) >= 11 is 3.46. The summed E-state index contributed by atoms with van der Waals surface area (Å²) in [6.45, 7) is 0.415. The molecule has 0 fully saturated rings. The van der Waals surface area contributed by atoms with Crippen LogP contribution in [0.15, 0.2) is 83.3 Å². The number of carbonyl (C=O) groups excluding carboxylic acids is 3. The maximum absolute atomic E-state index is 12.7. The van der Waals surface area contributed by atoms with Gasteiger partial charge in [0.25, 0.3) is 11.8 Å². The maximum Gasteiger partial charge on any atom is 0.261 e. The fraction of sp³-hybridized carbons (Fsp3) is 0.250. The molecule has 1 heterocycles.